The normalized spacial score (nSPS) is 16.0. The molecule has 0 radical (unpaired) electrons. The Bertz CT molecular complexity index is 673. The Hall–Kier alpha value is -2.08. The summed E-state index contributed by atoms with van der Waals surface area (Å²) in [4.78, 5) is 20.5. The Morgan fingerprint density at radius 2 is 2.00 bits per heavy atom. The summed E-state index contributed by atoms with van der Waals surface area (Å²) < 4.78 is 2.24. The van der Waals surface area contributed by atoms with Gasteiger partial charge in [-0.15, -0.1) is 0 Å². The molecular formula is C17H25N5O. The van der Waals surface area contributed by atoms with Crippen LogP contribution in [0.1, 0.15) is 20.3 Å². The topological polar surface area (TPSA) is 53.4 Å². The number of nitrogens with one attached hydrogen (secondary N) is 1. The molecule has 0 bridgehead atoms. The van der Waals surface area contributed by atoms with E-state index in [0.717, 1.165) is 55.4 Å². The van der Waals surface area contributed by atoms with Gasteiger partial charge in [-0.3, -0.25) is 9.69 Å². The lowest BCUT2D eigenvalue weighted by Crippen LogP contribution is -2.47. The Morgan fingerprint density at radius 3 is 2.65 bits per heavy atom. The van der Waals surface area contributed by atoms with E-state index in [-0.39, 0.29) is 0 Å². The highest BCUT2D eigenvalue weighted by Crippen LogP contribution is 2.28. The minimum absolute atomic E-state index is 0.711. The van der Waals surface area contributed by atoms with Gasteiger partial charge in [-0.2, -0.15) is 0 Å². The zero-order chi connectivity index (χ0) is 16.2. The Labute approximate surface area is 137 Å². The van der Waals surface area contributed by atoms with Crippen molar-refractivity contribution in [1.82, 2.24) is 14.5 Å². The van der Waals surface area contributed by atoms with E-state index in [1.165, 1.54) is 13.0 Å². The molecular weight excluding hydrogens is 290 g/mol. The van der Waals surface area contributed by atoms with E-state index < -0.39 is 0 Å². The third kappa shape index (κ3) is 3.03. The number of nitrogens with zero attached hydrogens (tertiary/aromatic N) is 4. The lowest BCUT2D eigenvalue weighted by atomic mass is 10.2. The van der Waals surface area contributed by atoms with Gasteiger partial charge in [0.25, 0.3) is 0 Å². The molecule has 1 fully saturated rings. The van der Waals surface area contributed by atoms with E-state index in [4.69, 9.17) is 4.98 Å². The van der Waals surface area contributed by atoms with Gasteiger partial charge in [-0.05, 0) is 32.0 Å². The minimum Gasteiger partial charge on any atom is -0.340 e. The maximum absolute atomic E-state index is 10.8. The van der Waals surface area contributed by atoms with E-state index in [2.05, 4.69) is 39.6 Å². The van der Waals surface area contributed by atoms with Crippen molar-refractivity contribution in [2.45, 2.75) is 26.8 Å². The van der Waals surface area contributed by atoms with Gasteiger partial charge in [0, 0.05) is 32.7 Å². The van der Waals surface area contributed by atoms with E-state index in [1.54, 1.807) is 0 Å². The molecule has 0 saturated carbocycles. The molecule has 0 spiro atoms. The highest BCUT2D eigenvalue weighted by molar-refractivity contribution is 5.94. The van der Waals surface area contributed by atoms with Crippen LogP contribution in [0.15, 0.2) is 18.2 Å². The number of imidazole rings is 1. The number of piperazine rings is 1. The number of rotatable bonds is 6. The molecule has 0 unspecified atom stereocenters. The number of aryl methyl sites for hydroxylation is 1. The SMILES string of the molecule is CCCN1CCN(c2nc3c(NC=O)cccc3n2CC)CC1. The summed E-state index contributed by atoms with van der Waals surface area (Å²) in [7, 11) is 0. The van der Waals surface area contributed by atoms with Crippen LogP contribution in [0.25, 0.3) is 11.0 Å². The summed E-state index contributed by atoms with van der Waals surface area (Å²) in [6.45, 7) is 10.6. The number of hydrogen-bond acceptors (Lipinski definition) is 4. The van der Waals surface area contributed by atoms with Gasteiger partial charge in [0.15, 0.2) is 0 Å². The van der Waals surface area contributed by atoms with E-state index >= 15 is 0 Å². The predicted molar refractivity (Wildman–Crippen MR) is 94.0 cm³/mol. The quantitative estimate of drug-likeness (QED) is 0.830. The Morgan fingerprint density at radius 1 is 1.22 bits per heavy atom. The molecule has 1 aliphatic rings. The number of fused-ring (bicyclic) bond motifs is 1. The lowest BCUT2D eigenvalue weighted by Gasteiger charge is -2.35. The zero-order valence-corrected chi connectivity index (χ0v) is 14.0. The van der Waals surface area contributed by atoms with E-state index in [0.29, 0.717) is 6.41 Å². The second-order valence-electron chi connectivity index (χ2n) is 5.92. The van der Waals surface area contributed by atoms with Crippen LogP contribution in [-0.2, 0) is 11.3 Å². The molecule has 1 amide bonds. The molecule has 1 aliphatic heterocycles. The second-order valence-corrected chi connectivity index (χ2v) is 5.92. The number of carbonyl (C=O) groups is 1. The largest absolute Gasteiger partial charge is 0.340 e. The fourth-order valence-corrected chi connectivity index (χ4v) is 3.36. The molecule has 124 valence electrons. The van der Waals surface area contributed by atoms with Crippen molar-refractivity contribution in [2.24, 2.45) is 0 Å². The first-order valence-electron chi connectivity index (χ1n) is 8.45. The maximum Gasteiger partial charge on any atom is 0.211 e. The van der Waals surface area contributed by atoms with Gasteiger partial charge >= 0.3 is 0 Å². The Balaban J connectivity index is 1.92. The fourth-order valence-electron chi connectivity index (χ4n) is 3.36. The summed E-state index contributed by atoms with van der Waals surface area (Å²) in [5, 5.41) is 2.76. The minimum atomic E-state index is 0.711. The van der Waals surface area contributed by atoms with Crippen molar-refractivity contribution in [1.29, 1.82) is 0 Å². The van der Waals surface area contributed by atoms with Crippen LogP contribution in [0.3, 0.4) is 0 Å². The van der Waals surface area contributed by atoms with Crippen LogP contribution in [0.2, 0.25) is 0 Å². The summed E-state index contributed by atoms with van der Waals surface area (Å²) in [5.41, 5.74) is 2.72. The average molecular weight is 315 g/mol. The third-order valence-corrected chi connectivity index (χ3v) is 4.48. The number of hydrogen-bond donors (Lipinski definition) is 1. The molecule has 0 aliphatic carbocycles. The van der Waals surface area contributed by atoms with Crippen molar-refractivity contribution < 1.29 is 4.79 Å². The number of carbonyl (C=O) groups excluding carboxylic acids is 1. The van der Waals surface area contributed by atoms with Crippen LogP contribution < -0.4 is 10.2 Å². The fraction of sp³-hybridized carbons (Fsp3) is 0.529. The van der Waals surface area contributed by atoms with Crippen LogP contribution >= 0.6 is 0 Å². The molecule has 1 N–H and O–H groups in total. The van der Waals surface area contributed by atoms with Crippen LogP contribution in [0.4, 0.5) is 11.6 Å². The van der Waals surface area contributed by atoms with E-state index in [1.807, 2.05) is 12.1 Å². The monoisotopic (exact) mass is 315 g/mol. The van der Waals surface area contributed by atoms with Gasteiger partial charge in [-0.1, -0.05) is 13.0 Å². The van der Waals surface area contributed by atoms with Crippen molar-refractivity contribution in [3.8, 4) is 0 Å². The van der Waals surface area contributed by atoms with Gasteiger partial charge in [0.1, 0.15) is 5.52 Å². The van der Waals surface area contributed by atoms with Crippen LogP contribution in [0, 0.1) is 0 Å². The first-order chi connectivity index (χ1) is 11.3. The molecule has 6 heteroatoms. The second kappa shape index (κ2) is 7.00. The number of anilines is 2. The number of aromatic nitrogens is 2. The summed E-state index contributed by atoms with van der Waals surface area (Å²) >= 11 is 0. The van der Waals surface area contributed by atoms with Crippen molar-refractivity contribution >= 4 is 29.1 Å². The van der Waals surface area contributed by atoms with Crippen LogP contribution in [-0.4, -0.2) is 53.6 Å². The summed E-state index contributed by atoms with van der Waals surface area (Å²) in [6, 6.07) is 5.93. The first-order valence-corrected chi connectivity index (χ1v) is 8.45. The molecule has 6 nitrogen and oxygen atoms in total. The first kappa shape index (κ1) is 15.8. The summed E-state index contributed by atoms with van der Waals surface area (Å²) in [6.07, 6.45) is 1.91. The van der Waals surface area contributed by atoms with Crippen LogP contribution in [0.5, 0.6) is 0 Å². The van der Waals surface area contributed by atoms with Gasteiger partial charge in [0.05, 0.1) is 11.2 Å². The molecule has 0 atom stereocenters. The van der Waals surface area contributed by atoms with Gasteiger partial charge in [0.2, 0.25) is 12.4 Å². The molecule has 1 aromatic heterocycles. The highest BCUT2D eigenvalue weighted by Gasteiger charge is 2.22. The maximum atomic E-state index is 10.8. The highest BCUT2D eigenvalue weighted by atomic mass is 16.1. The van der Waals surface area contributed by atoms with Crippen molar-refractivity contribution in [2.75, 3.05) is 42.9 Å². The number of amides is 1. The third-order valence-electron chi connectivity index (χ3n) is 4.48. The predicted octanol–water partition coefficient (Wildman–Crippen LogP) is 2.16. The number of para-hydroxylation sites is 1. The molecule has 1 saturated heterocycles. The Kier molecular flexibility index (Phi) is 4.81. The lowest BCUT2D eigenvalue weighted by molar-refractivity contribution is -0.105. The smallest absolute Gasteiger partial charge is 0.211 e. The zero-order valence-electron chi connectivity index (χ0n) is 14.0. The van der Waals surface area contributed by atoms with E-state index in [9.17, 15) is 4.79 Å². The molecule has 23 heavy (non-hydrogen) atoms. The average Bonchev–Trinajstić information content (AvgIpc) is 2.96. The number of benzene rings is 1. The van der Waals surface area contributed by atoms with Gasteiger partial charge < -0.3 is 14.8 Å². The molecule has 3 rings (SSSR count). The molecule has 1 aromatic carbocycles. The van der Waals surface area contributed by atoms with Crippen molar-refractivity contribution in [3.63, 3.8) is 0 Å². The standard InChI is InChI=1S/C17H25N5O/c1-3-8-20-9-11-21(12-10-20)17-19-16-14(18-13-23)6-5-7-15(16)22(17)4-2/h5-7,13H,3-4,8-12H2,1-2H3,(H,18,23). The molecule has 2 heterocycles. The van der Waals surface area contributed by atoms with Crippen molar-refractivity contribution in [3.05, 3.63) is 18.2 Å². The molecule has 2 aromatic rings. The van der Waals surface area contributed by atoms with Gasteiger partial charge in [-0.25, -0.2) is 4.98 Å². The summed E-state index contributed by atoms with van der Waals surface area (Å²) in [5.74, 6) is 1.01.